The highest BCUT2D eigenvalue weighted by Gasteiger charge is 2.24. The SMILES string of the molecule is C/C=C\C=C(/C)Oc1csc(C2CCN(c3ncc(CC)cn3)CC2)n1. The molecule has 1 aliphatic rings. The molecule has 138 valence electrons. The molecule has 0 bridgehead atoms. The molecule has 0 aliphatic carbocycles. The van der Waals surface area contributed by atoms with Gasteiger partial charge in [0.25, 0.3) is 0 Å². The molecule has 1 saturated heterocycles. The minimum absolute atomic E-state index is 0.489. The number of allylic oxidation sites excluding steroid dienone is 4. The van der Waals surface area contributed by atoms with Crippen LogP contribution in [0.2, 0.25) is 0 Å². The van der Waals surface area contributed by atoms with Gasteiger partial charge in [-0.15, -0.1) is 11.3 Å². The maximum Gasteiger partial charge on any atom is 0.229 e. The van der Waals surface area contributed by atoms with E-state index in [4.69, 9.17) is 4.74 Å². The molecule has 0 radical (unpaired) electrons. The van der Waals surface area contributed by atoms with Gasteiger partial charge in [0.05, 0.1) is 10.4 Å². The predicted molar refractivity (Wildman–Crippen MR) is 107 cm³/mol. The Labute approximate surface area is 159 Å². The highest BCUT2D eigenvalue weighted by atomic mass is 32.1. The molecule has 0 N–H and O–H groups in total. The number of hydrogen-bond donors (Lipinski definition) is 0. The Kier molecular flexibility index (Phi) is 6.39. The summed E-state index contributed by atoms with van der Waals surface area (Å²) in [6.45, 7) is 7.98. The third-order valence-electron chi connectivity index (χ3n) is 4.52. The summed E-state index contributed by atoms with van der Waals surface area (Å²) in [6, 6.07) is 0. The van der Waals surface area contributed by atoms with Gasteiger partial charge in [-0.1, -0.05) is 19.1 Å². The Balaban J connectivity index is 1.56. The van der Waals surface area contributed by atoms with E-state index in [1.807, 2.05) is 49.8 Å². The van der Waals surface area contributed by atoms with Crippen molar-refractivity contribution in [3.05, 3.63) is 52.3 Å². The molecule has 0 spiro atoms. The molecule has 0 unspecified atom stereocenters. The van der Waals surface area contributed by atoms with Crippen LogP contribution in [0.1, 0.15) is 50.1 Å². The largest absolute Gasteiger partial charge is 0.443 e. The number of aryl methyl sites for hydroxylation is 1. The number of piperidine rings is 1. The molecule has 2 aromatic rings. The predicted octanol–water partition coefficient (Wildman–Crippen LogP) is 4.74. The van der Waals surface area contributed by atoms with Gasteiger partial charge in [-0.25, -0.2) is 15.0 Å². The summed E-state index contributed by atoms with van der Waals surface area (Å²) in [4.78, 5) is 16.0. The molecule has 5 nitrogen and oxygen atoms in total. The number of thiazole rings is 1. The lowest BCUT2D eigenvalue weighted by molar-refractivity contribution is 0.409. The van der Waals surface area contributed by atoms with Crippen molar-refractivity contribution < 1.29 is 4.74 Å². The number of aromatic nitrogens is 3. The van der Waals surface area contributed by atoms with E-state index in [1.54, 1.807) is 11.3 Å². The molecule has 0 amide bonds. The van der Waals surface area contributed by atoms with Gasteiger partial charge in [0, 0.05) is 31.4 Å². The lowest BCUT2D eigenvalue weighted by Gasteiger charge is -2.31. The van der Waals surface area contributed by atoms with Crippen LogP contribution >= 0.6 is 11.3 Å². The van der Waals surface area contributed by atoms with Crippen molar-refractivity contribution in [2.75, 3.05) is 18.0 Å². The van der Waals surface area contributed by atoms with E-state index in [0.717, 1.165) is 44.1 Å². The van der Waals surface area contributed by atoms with E-state index in [9.17, 15) is 0 Å². The third-order valence-corrected chi connectivity index (χ3v) is 5.50. The topological polar surface area (TPSA) is 51.1 Å². The van der Waals surface area contributed by atoms with Gasteiger partial charge in [0.1, 0.15) is 5.76 Å². The molecule has 0 aromatic carbocycles. The van der Waals surface area contributed by atoms with Crippen molar-refractivity contribution in [1.82, 2.24) is 15.0 Å². The van der Waals surface area contributed by atoms with Crippen molar-refractivity contribution in [3.63, 3.8) is 0 Å². The standard InChI is InChI=1S/C20H26N4OS/c1-4-6-7-15(3)25-18-14-26-19(23-18)17-8-10-24(11-9-17)20-21-12-16(5-2)13-22-20/h4,6-7,12-14,17H,5,8-11H2,1-3H3/b6-4-,15-7+. The second-order valence-electron chi connectivity index (χ2n) is 6.44. The molecule has 3 heterocycles. The van der Waals surface area contributed by atoms with Crippen molar-refractivity contribution >= 4 is 17.3 Å². The lowest BCUT2D eigenvalue weighted by Crippen LogP contribution is -2.34. The maximum atomic E-state index is 5.78. The molecule has 2 aromatic heterocycles. The molecule has 26 heavy (non-hydrogen) atoms. The summed E-state index contributed by atoms with van der Waals surface area (Å²) in [5.74, 6) is 2.88. The maximum absolute atomic E-state index is 5.78. The van der Waals surface area contributed by atoms with Crippen molar-refractivity contribution in [2.24, 2.45) is 0 Å². The fraction of sp³-hybridized carbons (Fsp3) is 0.450. The van der Waals surface area contributed by atoms with E-state index in [-0.39, 0.29) is 0 Å². The minimum Gasteiger partial charge on any atom is -0.443 e. The molecule has 0 atom stereocenters. The van der Waals surface area contributed by atoms with Crippen molar-refractivity contribution in [3.8, 4) is 5.88 Å². The van der Waals surface area contributed by atoms with Crippen LogP contribution in [0.4, 0.5) is 5.95 Å². The Morgan fingerprint density at radius 1 is 1.31 bits per heavy atom. The first-order chi connectivity index (χ1) is 12.7. The van der Waals surface area contributed by atoms with E-state index < -0.39 is 0 Å². The first-order valence-corrected chi connectivity index (χ1v) is 10.1. The van der Waals surface area contributed by atoms with Crippen LogP contribution in [0.5, 0.6) is 5.88 Å². The van der Waals surface area contributed by atoms with Gasteiger partial charge in [-0.2, -0.15) is 0 Å². The first kappa shape index (κ1) is 18.6. The summed E-state index contributed by atoms with van der Waals surface area (Å²) in [6.07, 6.45) is 12.9. The molecule has 0 saturated carbocycles. The van der Waals surface area contributed by atoms with Crippen LogP contribution < -0.4 is 9.64 Å². The van der Waals surface area contributed by atoms with Crippen molar-refractivity contribution in [2.45, 2.75) is 46.0 Å². The Morgan fingerprint density at radius 3 is 2.69 bits per heavy atom. The number of hydrogen-bond acceptors (Lipinski definition) is 6. The van der Waals surface area contributed by atoms with Crippen LogP contribution in [0.15, 0.2) is 41.8 Å². The van der Waals surface area contributed by atoms with Gasteiger partial charge < -0.3 is 9.64 Å². The molecular weight excluding hydrogens is 344 g/mol. The molecule has 3 rings (SSSR count). The van der Waals surface area contributed by atoms with Crippen molar-refractivity contribution in [1.29, 1.82) is 0 Å². The highest BCUT2D eigenvalue weighted by Crippen LogP contribution is 2.33. The second kappa shape index (κ2) is 8.94. The highest BCUT2D eigenvalue weighted by molar-refractivity contribution is 7.09. The zero-order valence-corrected chi connectivity index (χ0v) is 16.5. The second-order valence-corrected chi connectivity index (χ2v) is 7.33. The van der Waals surface area contributed by atoms with Gasteiger partial charge in [-0.3, -0.25) is 0 Å². The summed E-state index contributed by atoms with van der Waals surface area (Å²) in [7, 11) is 0. The fourth-order valence-electron chi connectivity index (χ4n) is 2.96. The van der Waals surface area contributed by atoms with Gasteiger partial charge in [-0.05, 0) is 44.7 Å². The Bertz CT molecular complexity index is 758. The summed E-state index contributed by atoms with van der Waals surface area (Å²) in [5.41, 5.74) is 1.18. The van der Waals surface area contributed by atoms with Crippen LogP contribution in [0, 0.1) is 0 Å². The van der Waals surface area contributed by atoms with Crippen LogP contribution in [0.3, 0.4) is 0 Å². The number of anilines is 1. The summed E-state index contributed by atoms with van der Waals surface area (Å²) < 4.78 is 5.78. The van der Waals surface area contributed by atoms with Crippen LogP contribution in [-0.4, -0.2) is 28.0 Å². The Hall–Kier alpha value is -2.21. The normalized spacial score (nSPS) is 16.4. The monoisotopic (exact) mass is 370 g/mol. The van der Waals surface area contributed by atoms with Gasteiger partial charge in [0.2, 0.25) is 11.8 Å². The zero-order valence-electron chi connectivity index (χ0n) is 15.7. The van der Waals surface area contributed by atoms with Gasteiger partial charge >= 0.3 is 0 Å². The molecule has 6 heteroatoms. The van der Waals surface area contributed by atoms with Crippen LogP contribution in [0.25, 0.3) is 0 Å². The number of nitrogens with zero attached hydrogens (tertiary/aromatic N) is 4. The number of ether oxygens (including phenoxy) is 1. The average molecular weight is 371 g/mol. The van der Waals surface area contributed by atoms with Crippen LogP contribution in [-0.2, 0) is 6.42 Å². The molecular formula is C20H26N4OS. The quantitative estimate of drug-likeness (QED) is 0.543. The lowest BCUT2D eigenvalue weighted by atomic mass is 9.98. The van der Waals surface area contributed by atoms with E-state index in [1.165, 1.54) is 10.6 Å². The van der Waals surface area contributed by atoms with E-state index >= 15 is 0 Å². The summed E-state index contributed by atoms with van der Waals surface area (Å²) >= 11 is 1.69. The molecule has 1 aliphatic heterocycles. The van der Waals surface area contributed by atoms with E-state index in [0.29, 0.717) is 11.8 Å². The fourth-order valence-corrected chi connectivity index (χ4v) is 3.85. The first-order valence-electron chi connectivity index (χ1n) is 9.18. The minimum atomic E-state index is 0.489. The molecule has 1 fully saturated rings. The Morgan fingerprint density at radius 2 is 2.04 bits per heavy atom. The number of rotatable bonds is 6. The van der Waals surface area contributed by atoms with E-state index in [2.05, 4.69) is 26.8 Å². The average Bonchev–Trinajstić information content (AvgIpc) is 3.15. The van der Waals surface area contributed by atoms with Gasteiger partial charge in [0.15, 0.2) is 0 Å². The zero-order chi connectivity index (χ0) is 18.4. The summed E-state index contributed by atoms with van der Waals surface area (Å²) in [5, 5.41) is 3.17. The smallest absolute Gasteiger partial charge is 0.229 e. The third kappa shape index (κ3) is 4.69.